The minimum atomic E-state index is 0.0510. The average Bonchev–Trinajstić information content (AvgIpc) is 3.32. The van der Waals surface area contributed by atoms with E-state index in [-0.39, 0.29) is 11.8 Å². The van der Waals surface area contributed by atoms with Gasteiger partial charge in [-0.15, -0.1) is 0 Å². The van der Waals surface area contributed by atoms with Crippen LogP contribution in [0.2, 0.25) is 0 Å². The van der Waals surface area contributed by atoms with E-state index in [9.17, 15) is 4.79 Å². The van der Waals surface area contributed by atoms with Crippen LogP contribution in [0.5, 0.6) is 0 Å². The van der Waals surface area contributed by atoms with Crippen molar-refractivity contribution in [1.29, 1.82) is 0 Å². The van der Waals surface area contributed by atoms with Crippen molar-refractivity contribution in [1.82, 2.24) is 24.2 Å². The monoisotopic (exact) mass is 378 g/mol. The lowest BCUT2D eigenvalue weighted by atomic mass is 9.96. The van der Waals surface area contributed by atoms with E-state index in [1.54, 1.807) is 6.20 Å². The Balaban J connectivity index is 1.26. The molecule has 0 unspecified atom stereocenters. The summed E-state index contributed by atoms with van der Waals surface area (Å²) in [5.74, 6) is 1.21. The maximum absolute atomic E-state index is 12.6. The molecular formula is C21H26N6O. The third kappa shape index (κ3) is 4.48. The molecule has 0 bridgehead atoms. The Morgan fingerprint density at radius 3 is 2.68 bits per heavy atom. The molecule has 1 N–H and O–H groups in total. The number of nitrogens with one attached hydrogen (secondary N) is 1. The normalized spacial score (nSPS) is 15.6. The number of carbonyl (C=O) groups excluding carboxylic acids is 1. The van der Waals surface area contributed by atoms with E-state index in [0.717, 1.165) is 44.0 Å². The number of rotatable bonds is 6. The summed E-state index contributed by atoms with van der Waals surface area (Å²) >= 11 is 0. The lowest BCUT2D eigenvalue weighted by molar-refractivity contribution is -0.121. The molecule has 1 fully saturated rings. The van der Waals surface area contributed by atoms with Crippen molar-refractivity contribution in [2.24, 2.45) is 13.0 Å². The lowest BCUT2D eigenvalue weighted by Gasteiger charge is -2.30. The average molecular weight is 378 g/mol. The number of imidazole rings is 1. The Morgan fingerprint density at radius 2 is 1.96 bits per heavy atom. The number of anilines is 1. The topological polar surface area (TPSA) is 68.0 Å². The largest absolute Gasteiger partial charge is 0.337 e. The van der Waals surface area contributed by atoms with Crippen LogP contribution in [0.3, 0.4) is 0 Å². The molecule has 1 amide bonds. The number of piperidine rings is 1. The summed E-state index contributed by atoms with van der Waals surface area (Å²) in [5, 5.41) is 7.39. The molecule has 0 spiro atoms. The number of benzene rings is 1. The summed E-state index contributed by atoms with van der Waals surface area (Å²) in [6.45, 7) is 3.36. The van der Waals surface area contributed by atoms with Gasteiger partial charge in [0.15, 0.2) is 0 Å². The lowest BCUT2D eigenvalue weighted by Crippen LogP contribution is -2.38. The van der Waals surface area contributed by atoms with Crippen molar-refractivity contribution in [2.45, 2.75) is 25.9 Å². The highest BCUT2D eigenvalue weighted by molar-refractivity contribution is 5.92. The third-order valence-electron chi connectivity index (χ3n) is 5.33. The van der Waals surface area contributed by atoms with Gasteiger partial charge in [0.2, 0.25) is 5.91 Å². The van der Waals surface area contributed by atoms with E-state index in [1.807, 2.05) is 53.1 Å². The Kier molecular flexibility index (Phi) is 5.53. The van der Waals surface area contributed by atoms with Gasteiger partial charge < -0.3 is 9.88 Å². The molecule has 1 aliphatic rings. The molecule has 0 saturated carbocycles. The molecule has 7 heteroatoms. The van der Waals surface area contributed by atoms with Crippen LogP contribution < -0.4 is 5.32 Å². The zero-order chi connectivity index (χ0) is 19.3. The minimum absolute atomic E-state index is 0.0510. The molecule has 4 rings (SSSR count). The second kappa shape index (κ2) is 8.39. The van der Waals surface area contributed by atoms with Crippen LogP contribution in [0, 0.1) is 5.92 Å². The van der Waals surface area contributed by atoms with Gasteiger partial charge in [0.1, 0.15) is 5.82 Å². The van der Waals surface area contributed by atoms with Gasteiger partial charge in [-0.25, -0.2) is 4.98 Å². The molecule has 1 saturated heterocycles. The van der Waals surface area contributed by atoms with E-state index in [2.05, 4.69) is 32.4 Å². The SMILES string of the molecule is Cn1ccnc1CN1CCC(C(=O)Nc2cnn(Cc3ccccc3)c2)CC1. The third-order valence-corrected chi connectivity index (χ3v) is 5.33. The summed E-state index contributed by atoms with van der Waals surface area (Å²) in [6, 6.07) is 10.2. The molecule has 3 heterocycles. The van der Waals surface area contributed by atoms with Crippen LogP contribution in [-0.4, -0.2) is 43.2 Å². The van der Waals surface area contributed by atoms with Crippen LogP contribution in [0.4, 0.5) is 5.69 Å². The van der Waals surface area contributed by atoms with Crippen LogP contribution in [-0.2, 0) is 24.9 Å². The number of aryl methyl sites for hydroxylation is 1. The molecule has 146 valence electrons. The molecule has 28 heavy (non-hydrogen) atoms. The van der Waals surface area contributed by atoms with Crippen LogP contribution in [0.1, 0.15) is 24.2 Å². The smallest absolute Gasteiger partial charge is 0.227 e. The maximum atomic E-state index is 12.6. The van der Waals surface area contributed by atoms with Gasteiger partial charge in [-0.3, -0.25) is 14.4 Å². The molecule has 0 radical (unpaired) electrons. The first-order valence-electron chi connectivity index (χ1n) is 9.73. The van der Waals surface area contributed by atoms with Crippen molar-refractivity contribution >= 4 is 11.6 Å². The Morgan fingerprint density at radius 1 is 1.18 bits per heavy atom. The van der Waals surface area contributed by atoms with Crippen molar-refractivity contribution in [2.75, 3.05) is 18.4 Å². The number of likely N-dealkylation sites (tertiary alicyclic amines) is 1. The number of nitrogens with zero attached hydrogens (tertiary/aromatic N) is 5. The Hall–Kier alpha value is -2.93. The van der Waals surface area contributed by atoms with E-state index in [4.69, 9.17) is 0 Å². The zero-order valence-electron chi connectivity index (χ0n) is 16.2. The predicted molar refractivity (Wildman–Crippen MR) is 108 cm³/mol. The van der Waals surface area contributed by atoms with Crippen LogP contribution in [0.15, 0.2) is 55.1 Å². The van der Waals surface area contributed by atoms with Crippen molar-refractivity contribution in [3.8, 4) is 0 Å². The fourth-order valence-corrected chi connectivity index (χ4v) is 3.63. The Labute approximate surface area is 165 Å². The molecule has 2 aromatic heterocycles. The van der Waals surface area contributed by atoms with E-state index in [1.165, 1.54) is 5.56 Å². The first kappa shape index (κ1) is 18.4. The molecule has 1 aromatic carbocycles. The molecule has 0 atom stereocenters. The molecule has 3 aromatic rings. The number of hydrogen-bond donors (Lipinski definition) is 1. The fourth-order valence-electron chi connectivity index (χ4n) is 3.63. The highest BCUT2D eigenvalue weighted by Gasteiger charge is 2.25. The summed E-state index contributed by atoms with van der Waals surface area (Å²) in [6.07, 6.45) is 9.14. The van der Waals surface area contributed by atoms with E-state index < -0.39 is 0 Å². The second-order valence-electron chi connectivity index (χ2n) is 7.41. The molecule has 0 aliphatic carbocycles. The van der Waals surface area contributed by atoms with Gasteiger partial charge in [0.25, 0.3) is 0 Å². The van der Waals surface area contributed by atoms with E-state index >= 15 is 0 Å². The molecule has 1 aliphatic heterocycles. The maximum Gasteiger partial charge on any atom is 0.227 e. The van der Waals surface area contributed by atoms with Crippen LogP contribution in [0.25, 0.3) is 0 Å². The summed E-state index contributed by atoms with van der Waals surface area (Å²) < 4.78 is 3.90. The predicted octanol–water partition coefficient (Wildman–Crippen LogP) is 2.52. The van der Waals surface area contributed by atoms with Gasteiger partial charge >= 0.3 is 0 Å². The first-order chi connectivity index (χ1) is 13.7. The molecule has 7 nitrogen and oxygen atoms in total. The summed E-state index contributed by atoms with van der Waals surface area (Å²) in [5.41, 5.74) is 1.94. The standard InChI is InChI=1S/C21H26N6O/c1-25-12-9-22-20(25)16-26-10-7-18(8-11-26)21(28)24-19-13-23-27(15-19)14-17-5-3-2-4-6-17/h2-6,9,12-13,15,18H,7-8,10-11,14,16H2,1H3,(H,24,28). The minimum Gasteiger partial charge on any atom is -0.337 e. The van der Waals surface area contributed by atoms with Gasteiger partial charge in [0, 0.05) is 31.6 Å². The highest BCUT2D eigenvalue weighted by Crippen LogP contribution is 2.20. The van der Waals surface area contributed by atoms with Crippen molar-refractivity contribution < 1.29 is 4.79 Å². The number of aromatic nitrogens is 4. The van der Waals surface area contributed by atoms with Crippen LogP contribution >= 0.6 is 0 Å². The van der Waals surface area contributed by atoms with Gasteiger partial charge in [-0.05, 0) is 31.5 Å². The van der Waals surface area contributed by atoms with E-state index in [0.29, 0.717) is 6.54 Å². The van der Waals surface area contributed by atoms with Gasteiger partial charge in [-0.2, -0.15) is 5.10 Å². The summed E-state index contributed by atoms with van der Waals surface area (Å²) in [4.78, 5) is 19.4. The number of carbonyl (C=O) groups is 1. The Bertz CT molecular complexity index is 908. The molecular weight excluding hydrogens is 352 g/mol. The highest BCUT2D eigenvalue weighted by atomic mass is 16.1. The summed E-state index contributed by atoms with van der Waals surface area (Å²) in [7, 11) is 2.01. The van der Waals surface area contributed by atoms with Crippen molar-refractivity contribution in [3.63, 3.8) is 0 Å². The van der Waals surface area contributed by atoms with Gasteiger partial charge in [0.05, 0.1) is 25.0 Å². The second-order valence-corrected chi connectivity index (χ2v) is 7.41. The fraction of sp³-hybridized carbons (Fsp3) is 0.381. The number of hydrogen-bond acceptors (Lipinski definition) is 4. The number of amides is 1. The first-order valence-corrected chi connectivity index (χ1v) is 9.73. The van der Waals surface area contributed by atoms with Crippen molar-refractivity contribution in [3.05, 3.63) is 66.5 Å². The quantitative estimate of drug-likeness (QED) is 0.716. The van der Waals surface area contributed by atoms with Gasteiger partial charge in [-0.1, -0.05) is 30.3 Å². The zero-order valence-corrected chi connectivity index (χ0v) is 16.2.